The number of nitrogens with zero attached hydrogens (tertiary/aromatic N) is 5. The number of hydrogen-bond acceptors (Lipinski definition) is 5. The average molecular weight is 290 g/mol. The highest BCUT2D eigenvalue weighted by molar-refractivity contribution is 5.80. The van der Waals surface area contributed by atoms with Crippen molar-refractivity contribution in [2.75, 3.05) is 5.43 Å². The van der Waals surface area contributed by atoms with Gasteiger partial charge in [-0.25, -0.2) is 5.43 Å². The van der Waals surface area contributed by atoms with Gasteiger partial charge in [-0.1, -0.05) is 60.7 Å². The minimum atomic E-state index is 0.444. The molecule has 1 heterocycles. The van der Waals surface area contributed by atoms with Crippen LogP contribution in [-0.4, -0.2) is 27.3 Å². The zero-order valence-corrected chi connectivity index (χ0v) is 11.7. The van der Waals surface area contributed by atoms with Gasteiger partial charge in [-0.05, 0) is 11.1 Å². The lowest BCUT2D eigenvalue weighted by molar-refractivity contribution is 0.879. The molecule has 0 spiro atoms. The van der Waals surface area contributed by atoms with E-state index in [-0.39, 0.29) is 0 Å². The maximum absolute atomic E-state index is 4.29. The Balaban J connectivity index is 1.67. The maximum atomic E-state index is 4.29. The summed E-state index contributed by atoms with van der Waals surface area (Å²) in [6.07, 6.45) is 4.95. The lowest BCUT2D eigenvalue weighted by Gasteiger charge is -1.99. The van der Waals surface area contributed by atoms with Gasteiger partial charge in [0.25, 0.3) is 5.95 Å². The number of hydrazone groups is 1. The first-order valence-electron chi connectivity index (χ1n) is 6.75. The first kappa shape index (κ1) is 13.7. The van der Waals surface area contributed by atoms with E-state index in [1.807, 2.05) is 60.7 Å². The van der Waals surface area contributed by atoms with Crippen molar-refractivity contribution >= 4 is 18.4 Å². The maximum Gasteiger partial charge on any atom is 0.265 e. The highest BCUT2D eigenvalue weighted by Crippen LogP contribution is 2.03. The van der Waals surface area contributed by atoms with E-state index in [9.17, 15) is 0 Å². The molecule has 108 valence electrons. The average Bonchev–Trinajstić information content (AvgIpc) is 3.02. The van der Waals surface area contributed by atoms with E-state index in [1.165, 1.54) is 11.0 Å². The van der Waals surface area contributed by atoms with Crippen molar-refractivity contribution < 1.29 is 0 Å². The molecule has 3 rings (SSSR count). The van der Waals surface area contributed by atoms with Crippen LogP contribution in [0, 0.1) is 0 Å². The van der Waals surface area contributed by atoms with Crippen LogP contribution < -0.4 is 5.43 Å². The Kier molecular flexibility index (Phi) is 4.32. The predicted molar refractivity (Wildman–Crippen MR) is 87.1 cm³/mol. The molecule has 0 saturated carbocycles. The molecule has 0 saturated heterocycles. The molecule has 6 heteroatoms. The Morgan fingerprint density at radius 1 is 0.864 bits per heavy atom. The summed E-state index contributed by atoms with van der Waals surface area (Å²) in [6, 6.07) is 19.6. The van der Waals surface area contributed by atoms with Crippen molar-refractivity contribution in [3.63, 3.8) is 0 Å². The van der Waals surface area contributed by atoms with Crippen molar-refractivity contribution in [1.29, 1.82) is 0 Å². The van der Waals surface area contributed by atoms with E-state index in [1.54, 1.807) is 12.4 Å². The van der Waals surface area contributed by atoms with E-state index in [0.717, 1.165) is 11.1 Å². The second-order valence-electron chi connectivity index (χ2n) is 4.44. The third kappa shape index (κ3) is 3.63. The van der Waals surface area contributed by atoms with Crippen molar-refractivity contribution in [2.45, 2.75) is 0 Å². The van der Waals surface area contributed by atoms with Crippen LogP contribution in [-0.2, 0) is 0 Å². The molecule has 0 aliphatic heterocycles. The summed E-state index contributed by atoms with van der Waals surface area (Å²) < 4.78 is 1.52. The van der Waals surface area contributed by atoms with Crippen molar-refractivity contribution in [1.82, 2.24) is 14.9 Å². The van der Waals surface area contributed by atoms with Crippen LogP contribution in [0.25, 0.3) is 0 Å². The van der Waals surface area contributed by atoms with Crippen LogP contribution in [0.1, 0.15) is 11.1 Å². The van der Waals surface area contributed by atoms with Crippen molar-refractivity contribution in [3.05, 3.63) is 78.1 Å². The summed E-state index contributed by atoms with van der Waals surface area (Å²) in [7, 11) is 0. The first-order valence-corrected chi connectivity index (χ1v) is 6.75. The Labute approximate surface area is 127 Å². The van der Waals surface area contributed by atoms with E-state index < -0.39 is 0 Å². The molecule has 0 aliphatic rings. The van der Waals surface area contributed by atoms with Gasteiger partial charge in [0.05, 0.1) is 12.4 Å². The van der Waals surface area contributed by atoms with Gasteiger partial charge in [0.15, 0.2) is 0 Å². The molecule has 1 N–H and O–H groups in total. The Morgan fingerprint density at radius 3 is 2.18 bits per heavy atom. The summed E-state index contributed by atoms with van der Waals surface area (Å²) in [4.78, 5) is 0. The second-order valence-corrected chi connectivity index (χ2v) is 4.44. The van der Waals surface area contributed by atoms with Crippen molar-refractivity contribution in [3.8, 4) is 0 Å². The fourth-order valence-electron chi connectivity index (χ4n) is 1.76. The molecule has 0 unspecified atom stereocenters. The monoisotopic (exact) mass is 290 g/mol. The number of rotatable bonds is 5. The largest absolute Gasteiger partial charge is 0.265 e. The lowest BCUT2D eigenvalue weighted by atomic mass is 10.2. The first-order chi connectivity index (χ1) is 10.9. The van der Waals surface area contributed by atoms with Crippen LogP contribution in [0.5, 0.6) is 0 Å². The van der Waals surface area contributed by atoms with E-state index in [0.29, 0.717) is 5.95 Å². The smallest absolute Gasteiger partial charge is 0.244 e. The fourth-order valence-corrected chi connectivity index (χ4v) is 1.76. The van der Waals surface area contributed by atoms with E-state index in [4.69, 9.17) is 0 Å². The molecule has 6 nitrogen and oxygen atoms in total. The molecule has 2 aromatic carbocycles. The number of nitrogens with one attached hydrogen (secondary N) is 1. The normalized spacial score (nSPS) is 11.3. The minimum absolute atomic E-state index is 0.444. The van der Waals surface area contributed by atoms with Gasteiger partial charge in [0.2, 0.25) is 0 Å². The Bertz CT molecular complexity index is 762. The topological polar surface area (TPSA) is 67.5 Å². The summed E-state index contributed by atoms with van der Waals surface area (Å²) in [5, 5.41) is 16.2. The van der Waals surface area contributed by atoms with Gasteiger partial charge < -0.3 is 0 Å². The van der Waals surface area contributed by atoms with Gasteiger partial charge in [-0.3, -0.25) is 0 Å². The van der Waals surface area contributed by atoms with E-state index in [2.05, 4.69) is 25.8 Å². The standard InChI is InChI=1S/C16H14N6/c1-3-7-14(8-4-1)11-17-20-16-21-18-13-22(16)19-12-15-9-5-2-6-10-15/h1-13H,(H,20,21)/b17-11+,19-12+. The van der Waals surface area contributed by atoms with Gasteiger partial charge >= 0.3 is 0 Å². The molecule has 0 amide bonds. The predicted octanol–water partition coefficient (Wildman–Crippen LogP) is 2.61. The van der Waals surface area contributed by atoms with Gasteiger partial charge in [-0.15, -0.1) is 10.2 Å². The molecule has 0 aliphatic carbocycles. The molecule has 0 fully saturated rings. The van der Waals surface area contributed by atoms with Gasteiger partial charge in [0.1, 0.15) is 6.33 Å². The molecule has 0 bridgehead atoms. The highest BCUT2D eigenvalue weighted by atomic mass is 15.5. The fraction of sp³-hybridized carbons (Fsp3) is 0. The molecule has 0 radical (unpaired) electrons. The van der Waals surface area contributed by atoms with Crippen LogP contribution in [0.3, 0.4) is 0 Å². The molecule has 1 aromatic heterocycles. The SMILES string of the molecule is C(=N\Nc1nncn1/N=C/c1ccccc1)/c1ccccc1. The molecule has 3 aromatic rings. The lowest BCUT2D eigenvalue weighted by Crippen LogP contribution is -1.99. The zero-order valence-electron chi connectivity index (χ0n) is 11.7. The molecule has 0 atom stereocenters. The number of benzene rings is 2. The number of hydrogen-bond donors (Lipinski definition) is 1. The van der Waals surface area contributed by atoms with Gasteiger partial charge in [-0.2, -0.15) is 14.9 Å². The van der Waals surface area contributed by atoms with Crippen LogP contribution in [0.4, 0.5) is 5.95 Å². The van der Waals surface area contributed by atoms with Crippen molar-refractivity contribution in [2.24, 2.45) is 10.2 Å². The summed E-state index contributed by atoms with van der Waals surface area (Å²) >= 11 is 0. The minimum Gasteiger partial charge on any atom is -0.244 e. The number of anilines is 1. The van der Waals surface area contributed by atoms with Crippen LogP contribution in [0.15, 0.2) is 77.2 Å². The van der Waals surface area contributed by atoms with Crippen LogP contribution >= 0.6 is 0 Å². The molecule has 22 heavy (non-hydrogen) atoms. The summed E-state index contributed by atoms with van der Waals surface area (Å²) in [5.74, 6) is 0.444. The van der Waals surface area contributed by atoms with E-state index >= 15 is 0 Å². The summed E-state index contributed by atoms with van der Waals surface area (Å²) in [5.41, 5.74) is 4.81. The molecular weight excluding hydrogens is 276 g/mol. The second kappa shape index (κ2) is 6.94. The molecular formula is C16H14N6. The number of aromatic nitrogens is 3. The third-order valence-corrected chi connectivity index (χ3v) is 2.84. The van der Waals surface area contributed by atoms with Crippen LogP contribution in [0.2, 0.25) is 0 Å². The Hall–Kier alpha value is -3.28. The highest BCUT2D eigenvalue weighted by Gasteiger charge is 1.99. The third-order valence-electron chi connectivity index (χ3n) is 2.84. The quantitative estimate of drug-likeness (QED) is 0.580. The zero-order chi connectivity index (χ0) is 15.0. The van der Waals surface area contributed by atoms with Gasteiger partial charge in [0, 0.05) is 0 Å². The summed E-state index contributed by atoms with van der Waals surface area (Å²) in [6.45, 7) is 0. The Morgan fingerprint density at radius 2 is 1.50 bits per heavy atom.